The second kappa shape index (κ2) is 8.75. The fraction of sp³-hybridized carbons (Fsp3) is 0.263. The summed E-state index contributed by atoms with van der Waals surface area (Å²) < 4.78 is 5.53. The van der Waals surface area contributed by atoms with Gasteiger partial charge in [0, 0.05) is 29.3 Å². The number of benzene rings is 2. The maximum absolute atomic E-state index is 11.9. The smallest absolute Gasteiger partial charge is 0.274 e. The Morgan fingerprint density at radius 1 is 1.15 bits per heavy atom. The number of carbonyl (C=O) groups is 2. The van der Waals surface area contributed by atoms with Gasteiger partial charge in [0.25, 0.3) is 5.69 Å². The number of nitro benzene ring substituents is 1. The lowest BCUT2D eigenvalue weighted by Gasteiger charge is -2.08. The standard InChI is InChI=1S/C19H20N2O5/c1-13-5-8-16(12-18(13)21(24)25)20-19(23)4-3-11-26-17-9-6-15(7-10-17)14(2)22/h5-10,12H,3-4,11H2,1-2H3,(H,20,23). The first-order valence-electron chi connectivity index (χ1n) is 8.15. The highest BCUT2D eigenvalue weighted by Gasteiger charge is 2.12. The van der Waals surface area contributed by atoms with E-state index < -0.39 is 4.92 Å². The third-order valence-corrected chi connectivity index (χ3v) is 3.77. The molecule has 0 atom stereocenters. The molecule has 2 aromatic rings. The number of carbonyl (C=O) groups excluding carboxylic acids is 2. The van der Waals surface area contributed by atoms with Gasteiger partial charge in [0.1, 0.15) is 5.75 Å². The van der Waals surface area contributed by atoms with Crippen molar-refractivity contribution >= 4 is 23.1 Å². The maximum atomic E-state index is 11.9. The normalized spacial score (nSPS) is 10.2. The van der Waals surface area contributed by atoms with Crippen molar-refractivity contribution in [3.8, 4) is 5.75 Å². The number of rotatable bonds is 8. The number of hydrogen-bond acceptors (Lipinski definition) is 5. The van der Waals surface area contributed by atoms with Gasteiger partial charge in [0.05, 0.1) is 11.5 Å². The molecule has 2 aromatic carbocycles. The third kappa shape index (κ3) is 5.41. The minimum Gasteiger partial charge on any atom is -0.494 e. The molecule has 1 amide bonds. The van der Waals surface area contributed by atoms with Gasteiger partial charge in [-0.15, -0.1) is 0 Å². The Kier molecular flexibility index (Phi) is 6.43. The van der Waals surface area contributed by atoms with E-state index in [-0.39, 0.29) is 23.8 Å². The zero-order valence-corrected chi connectivity index (χ0v) is 14.7. The number of nitro groups is 1. The lowest BCUT2D eigenvalue weighted by Crippen LogP contribution is -2.13. The van der Waals surface area contributed by atoms with Crippen molar-refractivity contribution in [2.24, 2.45) is 0 Å². The Morgan fingerprint density at radius 3 is 2.46 bits per heavy atom. The van der Waals surface area contributed by atoms with E-state index in [1.165, 1.54) is 13.0 Å². The van der Waals surface area contributed by atoms with Gasteiger partial charge in [-0.1, -0.05) is 6.07 Å². The Bertz CT molecular complexity index is 815. The van der Waals surface area contributed by atoms with Crippen LogP contribution in [0.2, 0.25) is 0 Å². The van der Waals surface area contributed by atoms with Gasteiger partial charge in [-0.3, -0.25) is 19.7 Å². The van der Waals surface area contributed by atoms with Crippen LogP contribution in [0.1, 0.15) is 35.7 Å². The largest absolute Gasteiger partial charge is 0.494 e. The van der Waals surface area contributed by atoms with Crippen LogP contribution in [0.4, 0.5) is 11.4 Å². The van der Waals surface area contributed by atoms with Crippen LogP contribution in [-0.2, 0) is 4.79 Å². The van der Waals surface area contributed by atoms with E-state index in [1.807, 2.05) is 0 Å². The Morgan fingerprint density at radius 2 is 1.85 bits per heavy atom. The summed E-state index contributed by atoms with van der Waals surface area (Å²) in [6.45, 7) is 3.49. The molecule has 0 bridgehead atoms. The summed E-state index contributed by atoms with van der Waals surface area (Å²) in [5, 5.41) is 13.6. The predicted molar refractivity (Wildman–Crippen MR) is 97.6 cm³/mol. The minimum absolute atomic E-state index is 0.00966. The van der Waals surface area contributed by atoms with Crippen LogP contribution in [0.25, 0.3) is 0 Å². The van der Waals surface area contributed by atoms with Crippen molar-refractivity contribution in [2.75, 3.05) is 11.9 Å². The van der Waals surface area contributed by atoms with Crippen molar-refractivity contribution in [1.82, 2.24) is 0 Å². The van der Waals surface area contributed by atoms with Gasteiger partial charge in [-0.25, -0.2) is 0 Å². The molecule has 0 spiro atoms. The maximum Gasteiger partial charge on any atom is 0.274 e. The van der Waals surface area contributed by atoms with Crippen molar-refractivity contribution in [2.45, 2.75) is 26.7 Å². The lowest BCUT2D eigenvalue weighted by atomic mass is 10.1. The molecule has 0 aliphatic rings. The molecule has 136 valence electrons. The number of nitrogens with zero attached hydrogens (tertiary/aromatic N) is 1. The van der Waals surface area contributed by atoms with E-state index in [4.69, 9.17) is 4.74 Å². The summed E-state index contributed by atoms with van der Waals surface area (Å²) in [6, 6.07) is 11.4. The highest BCUT2D eigenvalue weighted by molar-refractivity contribution is 5.94. The number of nitrogens with one attached hydrogen (secondary N) is 1. The van der Waals surface area contributed by atoms with Crippen molar-refractivity contribution in [3.05, 3.63) is 63.7 Å². The Balaban J connectivity index is 1.78. The average molecular weight is 356 g/mol. The summed E-state index contributed by atoms with van der Waals surface area (Å²) in [7, 11) is 0. The van der Waals surface area contributed by atoms with Gasteiger partial charge in [0.15, 0.2) is 5.78 Å². The fourth-order valence-corrected chi connectivity index (χ4v) is 2.32. The van der Waals surface area contributed by atoms with E-state index in [0.29, 0.717) is 35.6 Å². The third-order valence-electron chi connectivity index (χ3n) is 3.77. The second-order valence-electron chi connectivity index (χ2n) is 5.84. The second-order valence-corrected chi connectivity index (χ2v) is 5.84. The summed E-state index contributed by atoms with van der Waals surface area (Å²) in [5.41, 5.74) is 1.52. The van der Waals surface area contributed by atoms with E-state index in [2.05, 4.69) is 5.32 Å². The molecular formula is C19H20N2O5. The molecule has 0 saturated carbocycles. The van der Waals surface area contributed by atoms with E-state index >= 15 is 0 Å². The first-order chi connectivity index (χ1) is 12.4. The van der Waals surface area contributed by atoms with Crippen molar-refractivity contribution in [3.63, 3.8) is 0 Å². The number of hydrogen-bond donors (Lipinski definition) is 1. The highest BCUT2D eigenvalue weighted by Crippen LogP contribution is 2.22. The molecule has 0 fully saturated rings. The number of Topliss-reactive ketones (excluding diaryl/α,β-unsaturated/α-hetero) is 1. The average Bonchev–Trinajstić information content (AvgIpc) is 2.60. The molecule has 0 unspecified atom stereocenters. The molecule has 7 nitrogen and oxygen atoms in total. The zero-order chi connectivity index (χ0) is 19.1. The summed E-state index contributed by atoms with van der Waals surface area (Å²) in [6.07, 6.45) is 0.724. The van der Waals surface area contributed by atoms with Crippen LogP contribution in [0.3, 0.4) is 0 Å². The molecule has 7 heteroatoms. The van der Waals surface area contributed by atoms with Gasteiger partial charge in [-0.05, 0) is 50.6 Å². The summed E-state index contributed by atoms with van der Waals surface area (Å²) >= 11 is 0. The number of aryl methyl sites for hydroxylation is 1. The molecule has 0 radical (unpaired) electrons. The molecule has 0 saturated heterocycles. The van der Waals surface area contributed by atoms with Gasteiger partial charge in [-0.2, -0.15) is 0 Å². The molecule has 2 rings (SSSR count). The summed E-state index contributed by atoms with van der Waals surface area (Å²) in [5.74, 6) is 0.382. The SMILES string of the molecule is CC(=O)c1ccc(OCCCC(=O)Nc2ccc(C)c([N+](=O)[O-])c2)cc1. The molecule has 0 aliphatic carbocycles. The summed E-state index contributed by atoms with van der Waals surface area (Å²) in [4.78, 5) is 33.6. The number of anilines is 1. The van der Waals surface area contributed by atoms with Crippen molar-refractivity contribution < 1.29 is 19.2 Å². The topological polar surface area (TPSA) is 98.5 Å². The van der Waals surface area contributed by atoms with E-state index in [9.17, 15) is 19.7 Å². The molecular weight excluding hydrogens is 336 g/mol. The van der Waals surface area contributed by atoms with Gasteiger partial charge < -0.3 is 10.1 Å². The van der Waals surface area contributed by atoms with Crippen LogP contribution in [0.5, 0.6) is 5.75 Å². The molecule has 0 aromatic heterocycles. The quantitative estimate of drug-likeness (QED) is 0.335. The van der Waals surface area contributed by atoms with E-state index in [0.717, 1.165) is 0 Å². The van der Waals surface area contributed by atoms with E-state index in [1.54, 1.807) is 43.3 Å². The molecule has 26 heavy (non-hydrogen) atoms. The Labute approximate surface area is 151 Å². The number of amides is 1. The van der Waals surface area contributed by atoms with Crippen LogP contribution in [0, 0.1) is 17.0 Å². The lowest BCUT2D eigenvalue weighted by molar-refractivity contribution is -0.385. The number of ether oxygens (including phenoxy) is 1. The molecule has 1 N–H and O–H groups in total. The van der Waals surface area contributed by atoms with Gasteiger partial charge in [0.2, 0.25) is 5.91 Å². The minimum atomic E-state index is -0.476. The van der Waals surface area contributed by atoms with Gasteiger partial charge >= 0.3 is 0 Å². The van der Waals surface area contributed by atoms with Crippen LogP contribution < -0.4 is 10.1 Å². The first-order valence-corrected chi connectivity index (χ1v) is 8.15. The zero-order valence-electron chi connectivity index (χ0n) is 14.7. The Hall–Kier alpha value is -3.22. The fourth-order valence-electron chi connectivity index (χ4n) is 2.32. The monoisotopic (exact) mass is 356 g/mol. The molecule has 0 heterocycles. The van der Waals surface area contributed by atoms with Crippen LogP contribution in [-0.4, -0.2) is 23.2 Å². The van der Waals surface area contributed by atoms with Crippen molar-refractivity contribution in [1.29, 1.82) is 0 Å². The van der Waals surface area contributed by atoms with Crippen LogP contribution >= 0.6 is 0 Å². The highest BCUT2D eigenvalue weighted by atomic mass is 16.6. The number of ketones is 1. The first kappa shape index (κ1) is 19.1. The molecule has 0 aliphatic heterocycles. The predicted octanol–water partition coefficient (Wildman–Crippen LogP) is 3.90. The van der Waals surface area contributed by atoms with Crippen LogP contribution in [0.15, 0.2) is 42.5 Å².